The van der Waals surface area contributed by atoms with Crippen molar-refractivity contribution < 1.29 is 13.9 Å². The summed E-state index contributed by atoms with van der Waals surface area (Å²) in [7, 11) is 0. The molecule has 4 rings (SSSR count). The number of nitriles is 1. The lowest BCUT2D eigenvalue weighted by Crippen LogP contribution is -2.35. The molecule has 1 aromatic carbocycles. The molecule has 0 unspecified atom stereocenters. The van der Waals surface area contributed by atoms with Crippen LogP contribution >= 0.6 is 15.9 Å². The second-order valence-corrected chi connectivity index (χ2v) is 7.91. The van der Waals surface area contributed by atoms with Crippen LogP contribution < -0.4 is 15.0 Å². The van der Waals surface area contributed by atoms with Crippen molar-refractivity contribution in [2.45, 2.75) is 19.8 Å². The molecule has 0 bridgehead atoms. The number of hydrogen-bond acceptors (Lipinski definition) is 5. The van der Waals surface area contributed by atoms with Crippen LogP contribution in [0.3, 0.4) is 0 Å². The van der Waals surface area contributed by atoms with E-state index in [0.717, 1.165) is 25.9 Å². The quantitative estimate of drug-likeness (QED) is 0.754. The zero-order valence-electron chi connectivity index (χ0n) is 15.3. The van der Waals surface area contributed by atoms with Gasteiger partial charge in [-0.1, -0.05) is 13.0 Å². The Morgan fingerprint density at radius 1 is 1.39 bits per heavy atom. The van der Waals surface area contributed by atoms with E-state index in [-0.39, 0.29) is 18.1 Å². The number of halogens is 2. The minimum Gasteiger partial charge on any atom is -0.480 e. The molecule has 0 aliphatic carbocycles. The topological polar surface area (TPSA) is 78.3 Å². The summed E-state index contributed by atoms with van der Waals surface area (Å²) >= 11 is 3.51. The first-order valence-electron chi connectivity index (χ1n) is 9.09. The average Bonchev–Trinajstić information content (AvgIpc) is 2.69. The third kappa shape index (κ3) is 3.31. The third-order valence-electron chi connectivity index (χ3n) is 5.13. The summed E-state index contributed by atoms with van der Waals surface area (Å²) < 4.78 is 20.4. The van der Waals surface area contributed by atoms with E-state index in [2.05, 4.69) is 33.1 Å². The highest BCUT2D eigenvalue weighted by molar-refractivity contribution is 9.10. The summed E-state index contributed by atoms with van der Waals surface area (Å²) in [6.07, 6.45) is 2.06. The van der Waals surface area contributed by atoms with Gasteiger partial charge in [0, 0.05) is 18.7 Å². The summed E-state index contributed by atoms with van der Waals surface area (Å²) in [4.78, 5) is 18.8. The summed E-state index contributed by atoms with van der Waals surface area (Å²) in [6.45, 7) is 3.77. The zero-order chi connectivity index (χ0) is 19.8. The fourth-order valence-electron chi connectivity index (χ4n) is 3.48. The molecule has 6 nitrogen and oxygen atoms in total. The van der Waals surface area contributed by atoms with Crippen LogP contribution in [-0.2, 0) is 4.79 Å². The maximum absolute atomic E-state index is 14.2. The number of anilines is 2. The van der Waals surface area contributed by atoms with E-state index in [4.69, 9.17) is 15.0 Å². The van der Waals surface area contributed by atoms with Crippen LogP contribution in [0.15, 0.2) is 22.7 Å². The molecule has 3 heterocycles. The normalized spacial score (nSPS) is 16.8. The number of amides is 1. The lowest BCUT2D eigenvalue weighted by atomic mass is 9.99. The molecule has 0 saturated carbocycles. The number of nitrogens with zero attached hydrogens (tertiary/aromatic N) is 3. The van der Waals surface area contributed by atoms with Crippen LogP contribution in [0.1, 0.15) is 25.3 Å². The molecule has 2 aliphatic rings. The maximum atomic E-state index is 14.2. The molecule has 28 heavy (non-hydrogen) atoms. The Balaban J connectivity index is 1.86. The Kier molecular flexibility index (Phi) is 4.94. The second kappa shape index (κ2) is 7.40. The number of pyridine rings is 1. The molecule has 0 radical (unpaired) electrons. The van der Waals surface area contributed by atoms with E-state index in [9.17, 15) is 9.18 Å². The number of hydrogen-bond donors (Lipinski definition) is 1. The van der Waals surface area contributed by atoms with E-state index in [1.807, 2.05) is 6.07 Å². The SMILES string of the molecule is CC1CCN(c2nc(-c3ccc(C#N)c(F)c3)c(Br)c3c2NC(=O)CO3)CC1. The standard InChI is InChI=1S/C20H18BrFN4O2/c1-11-4-6-26(7-5-11)20-18-19(28-10-15(27)24-18)16(21)17(25-20)12-2-3-13(9-23)14(22)8-12/h2-3,8,11H,4-7,10H2,1H3,(H,24,27). The van der Waals surface area contributed by atoms with Crippen molar-refractivity contribution in [1.29, 1.82) is 5.26 Å². The van der Waals surface area contributed by atoms with Gasteiger partial charge in [0.1, 0.15) is 17.6 Å². The van der Waals surface area contributed by atoms with Crippen molar-refractivity contribution >= 4 is 33.3 Å². The van der Waals surface area contributed by atoms with Crippen molar-refractivity contribution in [3.05, 3.63) is 34.1 Å². The second-order valence-electron chi connectivity index (χ2n) is 7.11. The fraction of sp³-hybridized carbons (Fsp3) is 0.350. The van der Waals surface area contributed by atoms with E-state index < -0.39 is 5.82 Å². The molecule has 0 atom stereocenters. The number of rotatable bonds is 2. The number of carbonyl (C=O) groups excluding carboxylic acids is 1. The largest absolute Gasteiger partial charge is 0.480 e. The highest BCUT2D eigenvalue weighted by Gasteiger charge is 2.30. The molecule has 144 valence electrons. The van der Waals surface area contributed by atoms with Crippen LogP contribution in [0.4, 0.5) is 15.9 Å². The lowest BCUT2D eigenvalue weighted by molar-refractivity contribution is -0.118. The van der Waals surface area contributed by atoms with Crippen LogP contribution in [0.25, 0.3) is 11.3 Å². The van der Waals surface area contributed by atoms with Crippen molar-refractivity contribution in [3.63, 3.8) is 0 Å². The van der Waals surface area contributed by atoms with Gasteiger partial charge in [0.25, 0.3) is 5.91 Å². The van der Waals surface area contributed by atoms with Gasteiger partial charge in [-0.2, -0.15) is 5.26 Å². The number of nitrogens with one attached hydrogen (secondary N) is 1. The van der Waals surface area contributed by atoms with Crippen LogP contribution in [0.5, 0.6) is 5.75 Å². The minimum atomic E-state index is -0.603. The number of aromatic nitrogens is 1. The van der Waals surface area contributed by atoms with Crippen LogP contribution in [-0.4, -0.2) is 30.6 Å². The number of benzene rings is 1. The third-order valence-corrected chi connectivity index (χ3v) is 5.87. The predicted molar refractivity (Wildman–Crippen MR) is 107 cm³/mol. The Morgan fingerprint density at radius 3 is 2.82 bits per heavy atom. The number of ether oxygens (including phenoxy) is 1. The summed E-state index contributed by atoms with van der Waals surface area (Å²) in [6, 6.07) is 6.21. The molecular weight excluding hydrogens is 427 g/mol. The monoisotopic (exact) mass is 444 g/mol. The first-order valence-corrected chi connectivity index (χ1v) is 9.88. The van der Waals surface area contributed by atoms with Gasteiger partial charge in [0.2, 0.25) is 0 Å². The number of carbonyl (C=O) groups is 1. The lowest BCUT2D eigenvalue weighted by Gasteiger charge is -2.34. The zero-order valence-corrected chi connectivity index (χ0v) is 16.8. The van der Waals surface area contributed by atoms with E-state index in [1.165, 1.54) is 12.1 Å². The Hall–Kier alpha value is -2.66. The van der Waals surface area contributed by atoms with Gasteiger partial charge < -0.3 is 15.0 Å². The Bertz CT molecular complexity index is 997. The van der Waals surface area contributed by atoms with Gasteiger partial charge in [-0.25, -0.2) is 9.37 Å². The number of fused-ring (bicyclic) bond motifs is 1. The van der Waals surface area contributed by atoms with E-state index in [1.54, 1.807) is 6.07 Å². The molecule has 1 aromatic heterocycles. The molecule has 1 N–H and O–H groups in total. The molecule has 1 amide bonds. The van der Waals surface area contributed by atoms with Crippen molar-refractivity contribution in [1.82, 2.24) is 4.98 Å². The molecule has 1 saturated heterocycles. The molecule has 1 fully saturated rings. The van der Waals surface area contributed by atoms with Gasteiger partial charge in [-0.05, 0) is 46.8 Å². The van der Waals surface area contributed by atoms with Crippen molar-refractivity contribution in [3.8, 4) is 23.1 Å². The smallest absolute Gasteiger partial charge is 0.262 e. The van der Waals surface area contributed by atoms with Gasteiger partial charge in [-0.15, -0.1) is 0 Å². The van der Waals surface area contributed by atoms with Gasteiger partial charge in [-0.3, -0.25) is 4.79 Å². The first kappa shape index (κ1) is 18.7. The maximum Gasteiger partial charge on any atom is 0.262 e. The molecular formula is C20H18BrFN4O2. The van der Waals surface area contributed by atoms with Crippen molar-refractivity contribution in [2.24, 2.45) is 5.92 Å². The molecule has 0 spiro atoms. The minimum absolute atomic E-state index is 0.0217. The summed E-state index contributed by atoms with van der Waals surface area (Å²) in [5.41, 5.74) is 1.55. The first-order chi connectivity index (χ1) is 13.5. The molecule has 2 aromatic rings. The van der Waals surface area contributed by atoms with Crippen LogP contribution in [0.2, 0.25) is 0 Å². The van der Waals surface area contributed by atoms with Gasteiger partial charge >= 0.3 is 0 Å². The highest BCUT2D eigenvalue weighted by atomic mass is 79.9. The van der Waals surface area contributed by atoms with Crippen LogP contribution in [0, 0.1) is 23.1 Å². The van der Waals surface area contributed by atoms with Gasteiger partial charge in [0.05, 0.1) is 15.7 Å². The summed E-state index contributed by atoms with van der Waals surface area (Å²) in [5, 5.41) is 11.8. The molecule has 2 aliphatic heterocycles. The summed E-state index contributed by atoms with van der Waals surface area (Å²) in [5.74, 6) is 0.917. The average molecular weight is 445 g/mol. The fourth-order valence-corrected chi connectivity index (χ4v) is 4.11. The molecule has 8 heteroatoms. The van der Waals surface area contributed by atoms with Crippen molar-refractivity contribution in [2.75, 3.05) is 29.9 Å². The van der Waals surface area contributed by atoms with E-state index >= 15 is 0 Å². The number of piperidine rings is 1. The highest BCUT2D eigenvalue weighted by Crippen LogP contribution is 2.46. The predicted octanol–water partition coefficient (Wildman–Crippen LogP) is 4.09. The Morgan fingerprint density at radius 2 is 2.14 bits per heavy atom. The van der Waals surface area contributed by atoms with Gasteiger partial charge in [0.15, 0.2) is 18.2 Å². The Labute approximate surface area is 170 Å². The van der Waals surface area contributed by atoms with E-state index in [0.29, 0.717) is 38.9 Å².